The van der Waals surface area contributed by atoms with Crippen LogP contribution in [-0.4, -0.2) is 60.8 Å². The Morgan fingerprint density at radius 3 is 2.63 bits per heavy atom. The van der Waals surface area contributed by atoms with Gasteiger partial charge >= 0.3 is 12.1 Å². The number of hydrogen-bond acceptors (Lipinski definition) is 11. The zero-order valence-electron chi connectivity index (χ0n) is 16.9. The number of amides is 2. The number of allylic oxidation sites excluding steroid dienone is 1. The first-order valence-corrected chi connectivity index (χ1v) is 12.2. The average molecular weight is 569 g/mol. The molecule has 2 aromatic rings. The maximum atomic E-state index is 12.8. The summed E-state index contributed by atoms with van der Waals surface area (Å²) in [6.07, 6.45) is -3.60. The molecule has 4 rings (SSSR count). The van der Waals surface area contributed by atoms with Gasteiger partial charge in [0, 0.05) is 4.91 Å². The van der Waals surface area contributed by atoms with Crippen molar-refractivity contribution in [3.8, 4) is 0 Å². The van der Waals surface area contributed by atoms with E-state index in [9.17, 15) is 37.9 Å². The molecule has 0 spiro atoms. The fourth-order valence-electron chi connectivity index (χ4n) is 3.54. The van der Waals surface area contributed by atoms with E-state index in [1.807, 2.05) is 0 Å². The van der Waals surface area contributed by atoms with Gasteiger partial charge in [-0.2, -0.15) is 13.2 Å². The number of oxime groups is 1. The number of rotatable bonds is 6. The van der Waals surface area contributed by atoms with Crippen molar-refractivity contribution in [1.29, 1.82) is 0 Å². The third-order valence-corrected chi connectivity index (χ3v) is 8.34. The van der Waals surface area contributed by atoms with Crippen LogP contribution in [0.4, 0.5) is 18.3 Å². The molecule has 2 unspecified atom stereocenters. The summed E-state index contributed by atoms with van der Waals surface area (Å²) in [7, 11) is 0. The third-order valence-electron chi connectivity index (χ3n) is 5.00. The molecular formula is C17H12ClF3N6O5S3. The molecule has 0 saturated carbocycles. The quantitative estimate of drug-likeness (QED) is 0.177. The number of carbonyl (C=O) groups excluding carboxylic acids is 2. The van der Waals surface area contributed by atoms with Gasteiger partial charge in [-0.05, 0) is 12.8 Å². The fraction of sp³-hybridized carbons (Fsp3) is 0.294. The molecule has 0 bridgehead atoms. The van der Waals surface area contributed by atoms with Gasteiger partial charge in [-0.25, -0.2) is 14.8 Å². The highest BCUT2D eigenvalue weighted by atomic mass is 35.5. The monoisotopic (exact) mass is 568 g/mol. The predicted octanol–water partition coefficient (Wildman–Crippen LogP) is 2.61. The molecule has 18 heteroatoms. The second-order valence-corrected chi connectivity index (χ2v) is 11.1. The number of anilines is 1. The van der Waals surface area contributed by atoms with Gasteiger partial charge in [-0.15, -0.1) is 11.3 Å². The molecule has 2 atom stereocenters. The summed E-state index contributed by atoms with van der Waals surface area (Å²) in [5.74, 6) is -3.19. The lowest BCUT2D eigenvalue weighted by Gasteiger charge is -2.49. The van der Waals surface area contributed by atoms with Crippen LogP contribution in [0.5, 0.6) is 0 Å². The van der Waals surface area contributed by atoms with Crippen LogP contribution in [0.1, 0.15) is 23.4 Å². The molecule has 5 N–H and O–H groups in total. The number of thiazole rings is 2. The Morgan fingerprint density at radius 1 is 1.37 bits per heavy atom. The van der Waals surface area contributed by atoms with Gasteiger partial charge in [0.05, 0.1) is 12.2 Å². The van der Waals surface area contributed by atoms with E-state index in [4.69, 9.17) is 17.3 Å². The molecule has 2 aliphatic heterocycles. The number of nitrogens with zero attached hydrogens (tertiary/aromatic N) is 4. The van der Waals surface area contributed by atoms with Gasteiger partial charge in [0.1, 0.15) is 26.6 Å². The predicted molar refractivity (Wildman–Crippen MR) is 119 cm³/mol. The maximum Gasteiger partial charge on any atom is 0.427 e. The molecule has 186 valence electrons. The van der Waals surface area contributed by atoms with Crippen molar-refractivity contribution in [2.24, 2.45) is 5.16 Å². The van der Waals surface area contributed by atoms with E-state index < -0.39 is 52.3 Å². The van der Waals surface area contributed by atoms with Gasteiger partial charge in [0.2, 0.25) is 0 Å². The Morgan fingerprint density at radius 2 is 2.09 bits per heavy atom. The largest absolute Gasteiger partial charge is 0.477 e. The zero-order chi connectivity index (χ0) is 25.7. The van der Waals surface area contributed by atoms with Crippen LogP contribution >= 0.6 is 46.0 Å². The minimum atomic E-state index is -4.58. The van der Waals surface area contributed by atoms with E-state index in [1.165, 1.54) is 0 Å². The number of nitrogen functional groups attached to an aromatic ring is 1. The van der Waals surface area contributed by atoms with Crippen LogP contribution in [0, 0.1) is 0 Å². The molecule has 2 amide bonds. The minimum Gasteiger partial charge on any atom is -0.477 e. The number of carbonyl (C=O) groups is 3. The van der Waals surface area contributed by atoms with Crippen molar-refractivity contribution in [2.45, 2.75) is 35.4 Å². The second kappa shape index (κ2) is 9.29. The highest BCUT2D eigenvalue weighted by molar-refractivity contribution is 8.04. The number of carboxylic acids is 1. The van der Waals surface area contributed by atoms with Crippen molar-refractivity contribution >= 4 is 74.7 Å². The van der Waals surface area contributed by atoms with Gasteiger partial charge in [-0.1, -0.05) is 39.9 Å². The van der Waals surface area contributed by atoms with Crippen LogP contribution in [-0.2, 0) is 20.6 Å². The SMILES string of the molecule is Nc1nc(/C(=N/O)C(=O)NC2C(=O)N3C(C(=O)O)=C(Sc4ncc(C(F)(F)F)s4)CCC23)c(Cl)s1. The molecule has 35 heavy (non-hydrogen) atoms. The Bertz CT molecular complexity index is 1290. The molecular weight excluding hydrogens is 557 g/mol. The number of aliphatic carboxylic acids is 1. The van der Waals surface area contributed by atoms with Crippen LogP contribution in [0.15, 0.2) is 26.3 Å². The normalized spacial score (nSPS) is 20.5. The molecule has 2 aliphatic rings. The molecule has 2 aromatic heterocycles. The fourth-order valence-corrected chi connectivity index (χ4v) is 6.54. The summed E-state index contributed by atoms with van der Waals surface area (Å²) >= 11 is 7.88. The van der Waals surface area contributed by atoms with E-state index >= 15 is 0 Å². The van der Waals surface area contributed by atoms with Gasteiger partial charge in [0.15, 0.2) is 15.2 Å². The standard InChI is InChI=1S/C17H12ClF3N6O5S3/c18-11-8(25-15(22)35-11)9(26-32)12(28)24-7-4-1-2-5(10(14(30)31)27(4)13(7)29)33-16-23-3-6(34-16)17(19,20)21/h3-4,7,32H,1-2H2,(H2,22,25)(H,24,28)(H,30,31)/b26-9-. The van der Waals surface area contributed by atoms with Crippen molar-refractivity contribution in [1.82, 2.24) is 20.2 Å². The Hall–Kier alpha value is -2.89. The van der Waals surface area contributed by atoms with E-state index in [0.29, 0.717) is 17.5 Å². The van der Waals surface area contributed by atoms with Crippen molar-refractivity contribution in [2.75, 3.05) is 5.73 Å². The lowest BCUT2D eigenvalue weighted by Crippen LogP contribution is -2.72. The van der Waals surface area contributed by atoms with Crippen LogP contribution in [0.3, 0.4) is 0 Å². The number of carboxylic acid groups (broad SMARTS) is 1. The highest BCUT2D eigenvalue weighted by Crippen LogP contribution is 2.45. The van der Waals surface area contributed by atoms with Gasteiger partial charge in [0.25, 0.3) is 11.8 Å². The molecule has 4 heterocycles. The van der Waals surface area contributed by atoms with Crippen LogP contribution in [0.25, 0.3) is 0 Å². The van der Waals surface area contributed by atoms with Crippen LogP contribution in [0.2, 0.25) is 4.34 Å². The Kier molecular flexibility index (Phi) is 6.69. The lowest BCUT2D eigenvalue weighted by atomic mass is 9.86. The first-order chi connectivity index (χ1) is 16.4. The second-order valence-electron chi connectivity index (χ2n) is 7.06. The van der Waals surface area contributed by atoms with Gasteiger partial charge < -0.3 is 21.4 Å². The lowest BCUT2D eigenvalue weighted by molar-refractivity contribution is -0.155. The third kappa shape index (κ3) is 4.67. The molecule has 0 aromatic carbocycles. The first-order valence-electron chi connectivity index (χ1n) is 9.37. The summed E-state index contributed by atoms with van der Waals surface area (Å²) in [5, 5.41) is 24.2. The van der Waals surface area contributed by atoms with E-state index in [2.05, 4.69) is 20.4 Å². The number of aromatic nitrogens is 2. The smallest absolute Gasteiger partial charge is 0.427 e. The number of fused-ring (bicyclic) bond motifs is 1. The summed E-state index contributed by atoms with van der Waals surface area (Å²) in [6, 6.07) is -1.87. The highest BCUT2D eigenvalue weighted by Gasteiger charge is 2.54. The number of hydrogen-bond donors (Lipinski definition) is 4. The number of nitrogens with two attached hydrogens (primary N) is 1. The number of alkyl halides is 3. The summed E-state index contributed by atoms with van der Waals surface area (Å²) in [4.78, 5) is 45.0. The van der Waals surface area contributed by atoms with Crippen molar-refractivity contribution in [3.05, 3.63) is 31.7 Å². The molecule has 0 aliphatic carbocycles. The van der Waals surface area contributed by atoms with Gasteiger partial charge in [-0.3, -0.25) is 14.5 Å². The van der Waals surface area contributed by atoms with Crippen molar-refractivity contribution < 1.29 is 37.9 Å². The number of nitrogens with one attached hydrogen (secondary N) is 1. The molecule has 0 radical (unpaired) electrons. The molecule has 1 saturated heterocycles. The summed E-state index contributed by atoms with van der Waals surface area (Å²) in [6.45, 7) is 0. The minimum absolute atomic E-state index is 0.0148. The number of halogens is 4. The average Bonchev–Trinajstić information content (AvgIpc) is 3.38. The molecule has 11 nitrogen and oxygen atoms in total. The van der Waals surface area contributed by atoms with Crippen molar-refractivity contribution in [3.63, 3.8) is 0 Å². The Balaban J connectivity index is 1.52. The van der Waals surface area contributed by atoms with E-state index in [-0.39, 0.29) is 37.2 Å². The van der Waals surface area contributed by atoms with E-state index in [0.717, 1.165) is 28.0 Å². The van der Waals surface area contributed by atoms with Crippen LogP contribution < -0.4 is 11.1 Å². The maximum absolute atomic E-state index is 12.8. The topological polar surface area (TPSA) is 171 Å². The number of thioether (sulfide) groups is 1. The summed E-state index contributed by atoms with van der Waals surface area (Å²) in [5.41, 5.74) is 4.36. The first kappa shape index (κ1) is 25.2. The Labute approximate surface area is 210 Å². The summed E-state index contributed by atoms with van der Waals surface area (Å²) < 4.78 is 38.5. The molecule has 1 fully saturated rings. The number of β-lactam (4-membered cyclic amide) rings is 1. The van der Waals surface area contributed by atoms with E-state index in [1.54, 1.807) is 0 Å². The zero-order valence-corrected chi connectivity index (χ0v) is 20.1.